The van der Waals surface area contributed by atoms with Crippen molar-refractivity contribution in [1.29, 1.82) is 0 Å². The molecule has 0 spiro atoms. The Bertz CT molecular complexity index is 2760. The molecule has 0 bridgehead atoms. The minimum absolute atomic E-state index is 0.373. The topological polar surface area (TPSA) is 13.1 Å². The highest BCUT2D eigenvalue weighted by atomic mass is 19.2. The van der Waals surface area contributed by atoms with Crippen LogP contribution in [0.2, 0.25) is 0 Å². The van der Waals surface area contributed by atoms with Gasteiger partial charge in [-0.2, -0.15) is 4.57 Å². The van der Waals surface area contributed by atoms with Gasteiger partial charge in [0.25, 0.3) is 0 Å². The number of rotatable bonds is 8. The van der Waals surface area contributed by atoms with Gasteiger partial charge in [-0.05, 0) is 37.8 Å². The monoisotopic (exact) mass is 983 g/mol. The standard InChI is InChI=1S/C24BF20.C21H22NO/c26-5-1(6(27)14(35)21(42)13(5)34)25(2-7(28)15(36)22(43)16(37)8(2)29,3-9(30)17(38)23(44)18(39)10(3)31)4-11(32)19(40)24(45)20(41)12(4)33;1-2-8-17(9-3-1)16-22-20-13-7-4-10-18(20)14-15-21(22)23-19-11-5-6-12-19/h;1-4,7-10,13-15,19H,5-6,11-12,16H2/q-1;+1. The number of ether oxygens (including phenoxy) is 1. The van der Waals surface area contributed by atoms with Crippen LogP contribution in [0.15, 0.2) is 66.7 Å². The third-order valence-electron chi connectivity index (χ3n) is 11.4. The van der Waals surface area contributed by atoms with Gasteiger partial charge in [-0.25, -0.2) is 87.8 Å². The van der Waals surface area contributed by atoms with Gasteiger partial charge in [0.15, 0.2) is 76.4 Å². The van der Waals surface area contributed by atoms with Gasteiger partial charge in [-0.1, -0.05) is 42.5 Å². The number of nitrogens with zero attached hydrogens (tertiary/aromatic N) is 1. The molecule has 23 heteroatoms. The molecule has 1 saturated carbocycles. The van der Waals surface area contributed by atoms with Gasteiger partial charge < -0.3 is 4.74 Å². The van der Waals surface area contributed by atoms with Crippen molar-refractivity contribution in [3.8, 4) is 5.88 Å². The molecule has 2 nitrogen and oxygen atoms in total. The highest BCUT2D eigenvalue weighted by Crippen LogP contribution is 2.31. The first-order chi connectivity index (χ1) is 32.1. The Hall–Kier alpha value is -6.81. The molecule has 1 aromatic heterocycles. The molecule has 6 aromatic carbocycles. The van der Waals surface area contributed by atoms with Crippen LogP contribution in [0.3, 0.4) is 0 Å². The van der Waals surface area contributed by atoms with Crippen LogP contribution in [0, 0.1) is 116 Å². The third-order valence-corrected chi connectivity index (χ3v) is 11.4. The van der Waals surface area contributed by atoms with E-state index in [1.54, 1.807) is 0 Å². The number of hydrogen-bond acceptors (Lipinski definition) is 1. The Labute approximate surface area is 368 Å². The van der Waals surface area contributed by atoms with E-state index in [0.29, 0.717) is 6.10 Å². The van der Waals surface area contributed by atoms with Gasteiger partial charge in [0.1, 0.15) is 58.8 Å². The fourth-order valence-electron chi connectivity index (χ4n) is 8.33. The van der Waals surface area contributed by atoms with Gasteiger partial charge in [0.2, 0.25) is 5.52 Å². The molecule has 7 aromatic rings. The van der Waals surface area contributed by atoms with Crippen LogP contribution in [0.4, 0.5) is 87.8 Å². The Balaban J connectivity index is 0.000000246. The van der Waals surface area contributed by atoms with Crippen molar-refractivity contribution >= 4 is 38.9 Å². The molecular weight excluding hydrogens is 961 g/mol. The maximum absolute atomic E-state index is 15.4. The van der Waals surface area contributed by atoms with E-state index in [4.69, 9.17) is 4.74 Å². The van der Waals surface area contributed by atoms with E-state index in [0.717, 1.165) is 12.4 Å². The summed E-state index contributed by atoms with van der Waals surface area (Å²) in [6, 6.07) is 23.4. The summed E-state index contributed by atoms with van der Waals surface area (Å²) < 4.78 is 303. The zero-order chi connectivity index (χ0) is 49.8. The van der Waals surface area contributed by atoms with Crippen LogP contribution in [-0.2, 0) is 6.54 Å². The second kappa shape index (κ2) is 18.7. The molecule has 0 atom stereocenters. The number of hydrogen-bond donors (Lipinski definition) is 0. The first-order valence-corrected chi connectivity index (χ1v) is 19.5. The van der Waals surface area contributed by atoms with Crippen LogP contribution < -0.4 is 31.2 Å². The first-order valence-electron chi connectivity index (χ1n) is 19.5. The maximum atomic E-state index is 15.4. The van der Waals surface area contributed by atoms with E-state index >= 15 is 35.1 Å². The number of benzene rings is 6. The lowest BCUT2D eigenvalue weighted by molar-refractivity contribution is -0.669. The van der Waals surface area contributed by atoms with Crippen molar-refractivity contribution < 1.29 is 97.1 Å². The molecule has 1 aliphatic carbocycles. The van der Waals surface area contributed by atoms with Gasteiger partial charge >= 0.3 is 5.88 Å². The van der Waals surface area contributed by atoms with E-state index in [2.05, 4.69) is 71.3 Å². The highest BCUT2D eigenvalue weighted by molar-refractivity contribution is 7.20. The van der Waals surface area contributed by atoms with Crippen molar-refractivity contribution in [1.82, 2.24) is 0 Å². The van der Waals surface area contributed by atoms with Crippen LogP contribution in [0.1, 0.15) is 31.2 Å². The van der Waals surface area contributed by atoms with Crippen LogP contribution in [0.25, 0.3) is 10.9 Å². The van der Waals surface area contributed by atoms with Gasteiger partial charge in [0, 0.05) is 17.0 Å². The smallest absolute Gasteiger partial charge is 0.368 e. The van der Waals surface area contributed by atoms with E-state index in [9.17, 15) is 52.7 Å². The molecule has 0 saturated heterocycles. The maximum Gasteiger partial charge on any atom is 0.368 e. The summed E-state index contributed by atoms with van der Waals surface area (Å²) in [4.78, 5) is 0. The average Bonchev–Trinajstić information content (AvgIpc) is 3.86. The lowest BCUT2D eigenvalue weighted by atomic mass is 9.12. The van der Waals surface area contributed by atoms with Crippen molar-refractivity contribution in [3.63, 3.8) is 0 Å². The Kier molecular flexibility index (Phi) is 13.5. The van der Waals surface area contributed by atoms with Crippen molar-refractivity contribution in [2.45, 2.75) is 38.3 Å². The van der Waals surface area contributed by atoms with Crippen LogP contribution >= 0.6 is 0 Å². The molecule has 356 valence electrons. The summed E-state index contributed by atoms with van der Waals surface area (Å²) in [5.41, 5.74) is -11.8. The van der Waals surface area contributed by atoms with E-state index in [1.165, 1.54) is 42.1 Å². The fourth-order valence-corrected chi connectivity index (χ4v) is 8.33. The number of pyridine rings is 1. The average molecular weight is 983 g/mol. The fraction of sp³-hybridized carbons (Fsp3) is 0.133. The summed E-state index contributed by atoms with van der Waals surface area (Å²) in [5.74, 6) is -70.4. The molecule has 1 fully saturated rings. The van der Waals surface area contributed by atoms with Crippen LogP contribution in [-0.4, -0.2) is 12.2 Å². The molecule has 0 aliphatic heterocycles. The molecule has 1 heterocycles. The summed E-state index contributed by atoms with van der Waals surface area (Å²) in [6.07, 6.45) is -1.91. The van der Waals surface area contributed by atoms with Crippen LogP contribution in [0.5, 0.6) is 5.88 Å². The van der Waals surface area contributed by atoms with Gasteiger partial charge in [-0.15, -0.1) is 21.9 Å². The molecular formula is C45H22BF20NO. The summed E-state index contributed by atoms with van der Waals surface area (Å²) in [6.45, 7) is 0.838. The molecule has 1 aliphatic rings. The second-order valence-electron chi connectivity index (χ2n) is 15.1. The van der Waals surface area contributed by atoms with Crippen molar-refractivity contribution in [2.24, 2.45) is 0 Å². The third kappa shape index (κ3) is 7.81. The molecule has 68 heavy (non-hydrogen) atoms. The quantitative estimate of drug-likeness (QED) is 0.0486. The summed E-state index contributed by atoms with van der Waals surface area (Å²) >= 11 is 0. The predicted molar refractivity (Wildman–Crippen MR) is 202 cm³/mol. The SMILES string of the molecule is Fc1c(F)c(F)c([B-](c2c(F)c(F)c(F)c(F)c2F)(c2c(F)c(F)c(F)c(F)c2F)c2c(F)c(F)c(F)c(F)c2F)c(F)c1F.c1ccc(C[n+]2c(OC3CCCC3)ccc3ccccc32)cc1. The minimum atomic E-state index is -7.22. The highest BCUT2D eigenvalue weighted by Gasteiger charge is 2.52. The summed E-state index contributed by atoms with van der Waals surface area (Å²) in [7, 11) is 0. The normalized spacial score (nSPS) is 13.1. The number of halogens is 20. The Morgan fingerprint density at radius 3 is 1.03 bits per heavy atom. The number of aromatic nitrogens is 1. The second-order valence-corrected chi connectivity index (χ2v) is 15.1. The molecule has 0 N–H and O–H groups in total. The van der Waals surface area contributed by atoms with Crippen molar-refractivity contribution in [3.05, 3.63) is 189 Å². The molecule has 0 radical (unpaired) electrons. The number of fused-ring (bicyclic) bond motifs is 1. The zero-order valence-corrected chi connectivity index (χ0v) is 33.5. The number of para-hydroxylation sites is 1. The lowest BCUT2D eigenvalue weighted by Gasteiger charge is -2.44. The van der Waals surface area contributed by atoms with Gasteiger partial charge in [0.05, 0.1) is 6.07 Å². The van der Waals surface area contributed by atoms with E-state index in [-0.39, 0.29) is 0 Å². The molecule has 0 unspecified atom stereocenters. The van der Waals surface area contributed by atoms with Gasteiger partial charge in [-0.3, -0.25) is 0 Å². The van der Waals surface area contributed by atoms with E-state index < -0.39 is 144 Å². The predicted octanol–water partition coefficient (Wildman–Crippen LogP) is 10.3. The molecule has 0 amide bonds. The Morgan fingerprint density at radius 1 is 0.368 bits per heavy atom. The Morgan fingerprint density at radius 2 is 0.676 bits per heavy atom. The lowest BCUT2D eigenvalue weighted by Crippen LogP contribution is -2.81. The first kappa shape index (κ1) is 49.1. The largest absolute Gasteiger partial charge is 0.441 e. The van der Waals surface area contributed by atoms with E-state index in [1.807, 2.05) is 0 Å². The zero-order valence-electron chi connectivity index (χ0n) is 33.5. The molecule has 8 rings (SSSR count). The minimum Gasteiger partial charge on any atom is -0.441 e. The summed E-state index contributed by atoms with van der Waals surface area (Å²) in [5, 5.41) is 1.25. The van der Waals surface area contributed by atoms with Crippen molar-refractivity contribution in [2.75, 3.05) is 0 Å².